The predicted octanol–water partition coefficient (Wildman–Crippen LogP) is 3.45. The molecule has 50 heavy (non-hydrogen) atoms. The van der Waals surface area contributed by atoms with E-state index in [-0.39, 0.29) is 17.7 Å². The summed E-state index contributed by atoms with van der Waals surface area (Å²) in [5, 5.41) is 8.96. The summed E-state index contributed by atoms with van der Waals surface area (Å²) in [4.78, 5) is 52.9. The number of carbonyl (C=O) groups excluding carboxylic acids is 3. The van der Waals surface area contributed by atoms with Gasteiger partial charge in [-0.15, -0.1) is 0 Å². The highest BCUT2D eigenvalue weighted by molar-refractivity contribution is 6.32. The van der Waals surface area contributed by atoms with E-state index in [1.54, 1.807) is 14.2 Å². The molecule has 6 aliphatic heterocycles. The lowest BCUT2D eigenvalue weighted by Gasteiger charge is -2.25. The van der Waals surface area contributed by atoms with E-state index in [4.69, 9.17) is 21.1 Å². The number of nitrogens with one attached hydrogen (secondary N) is 3. The molecule has 0 bridgehead atoms. The lowest BCUT2D eigenvalue weighted by molar-refractivity contribution is -0.119. The third kappa shape index (κ3) is 6.06. The van der Waals surface area contributed by atoms with E-state index in [1.807, 2.05) is 71.9 Å². The summed E-state index contributed by atoms with van der Waals surface area (Å²) >= 11 is 6.24. The average Bonchev–Trinajstić information content (AvgIpc) is 3.77. The predicted molar refractivity (Wildman–Crippen MR) is 189 cm³/mol. The van der Waals surface area contributed by atoms with E-state index in [0.29, 0.717) is 57.1 Å². The van der Waals surface area contributed by atoms with Crippen LogP contribution in [0.15, 0.2) is 51.4 Å². The molecule has 3 N–H and O–H groups in total. The van der Waals surface area contributed by atoms with Crippen molar-refractivity contribution >= 4 is 64.3 Å². The molecule has 0 atom stereocenters. The Kier molecular flexibility index (Phi) is 8.56. The first-order chi connectivity index (χ1) is 24.0. The quantitative estimate of drug-likeness (QED) is 0.368. The molecule has 0 saturated carbocycles. The van der Waals surface area contributed by atoms with Gasteiger partial charge >= 0.3 is 0 Å². The van der Waals surface area contributed by atoms with Crippen molar-refractivity contribution in [1.82, 2.24) is 30.7 Å². The first-order valence-corrected chi connectivity index (χ1v) is 16.4. The van der Waals surface area contributed by atoms with Crippen LogP contribution in [-0.4, -0.2) is 84.2 Å². The Morgan fingerprint density at radius 2 is 0.880 bits per heavy atom. The number of rotatable bonds is 2. The van der Waals surface area contributed by atoms with Gasteiger partial charge in [-0.3, -0.25) is 30.3 Å². The molecule has 0 spiro atoms. The van der Waals surface area contributed by atoms with Crippen molar-refractivity contribution in [2.75, 3.05) is 33.9 Å². The maximum atomic E-state index is 11.3. The van der Waals surface area contributed by atoms with Crippen LogP contribution < -0.4 is 25.4 Å². The Balaban J connectivity index is 0.000000118. The van der Waals surface area contributed by atoms with Crippen LogP contribution >= 0.6 is 11.6 Å². The topological polar surface area (TPSA) is 153 Å². The van der Waals surface area contributed by atoms with Gasteiger partial charge in [0.2, 0.25) is 35.6 Å². The Morgan fingerprint density at radius 3 is 1.26 bits per heavy atom. The number of aliphatic imine (C=N–C) groups is 3. The van der Waals surface area contributed by atoms with E-state index >= 15 is 0 Å². The SMILES string of the molecule is COc1c(C)ccc2c1CN1CC(=O)NC1=N2.COc1c(C)ccc2c1CN1CC(=O)NC1=N2.Cc1ccc2c(c1Cl)CN1CC(=O)NC1=N2. The van der Waals surface area contributed by atoms with Gasteiger partial charge in [-0.2, -0.15) is 0 Å². The summed E-state index contributed by atoms with van der Waals surface area (Å²) in [7, 11) is 3.32. The molecule has 3 amide bonds. The van der Waals surface area contributed by atoms with Crippen LogP contribution in [0.25, 0.3) is 0 Å². The number of carbonyl (C=O) groups is 3. The molecule has 0 unspecified atom stereocenters. The summed E-state index contributed by atoms with van der Waals surface area (Å²) in [5.41, 5.74) is 8.91. The summed E-state index contributed by atoms with van der Waals surface area (Å²) in [6.45, 7) is 9.06. The van der Waals surface area contributed by atoms with E-state index in [0.717, 1.165) is 67.0 Å². The fourth-order valence-corrected chi connectivity index (χ4v) is 6.83. The molecule has 3 saturated heterocycles. The van der Waals surface area contributed by atoms with Gasteiger partial charge in [0.05, 0.1) is 49.4 Å². The molecule has 15 heteroatoms. The fourth-order valence-electron chi connectivity index (χ4n) is 6.61. The Hall–Kier alpha value is -5.63. The van der Waals surface area contributed by atoms with Gasteiger partial charge in [-0.1, -0.05) is 29.8 Å². The first-order valence-electron chi connectivity index (χ1n) is 16.0. The van der Waals surface area contributed by atoms with Crippen molar-refractivity contribution in [1.29, 1.82) is 0 Å². The Bertz CT molecular complexity index is 1960. The van der Waals surface area contributed by atoms with Crippen LogP contribution in [0.5, 0.6) is 11.5 Å². The summed E-state index contributed by atoms with van der Waals surface area (Å²) < 4.78 is 10.8. The number of ether oxygens (including phenoxy) is 2. The highest BCUT2D eigenvalue weighted by Gasteiger charge is 2.33. The molecule has 0 aliphatic carbocycles. The molecule has 3 aromatic rings. The third-order valence-electron chi connectivity index (χ3n) is 9.07. The molecule has 6 heterocycles. The number of amides is 3. The van der Waals surface area contributed by atoms with Crippen LogP contribution in [0.4, 0.5) is 17.1 Å². The lowest BCUT2D eigenvalue weighted by Crippen LogP contribution is -2.32. The molecule has 9 rings (SSSR count). The standard InChI is InChI=1S/2C12H13N3O2.C11H10ClN3O/c2*1-7-3-4-9-8(11(7)17-2)5-15-6-10(16)14-12(15)13-9;1-6-2-3-8-7(10(6)12)4-15-5-9(16)14-11(15)13-8/h2*3-4H,5-6H2,1-2H3,(H,13,14,16);2-3H,4-5H2,1H3,(H,13,14,16). The van der Waals surface area contributed by atoms with Crippen molar-refractivity contribution < 1.29 is 23.9 Å². The zero-order chi connectivity index (χ0) is 35.3. The normalized spacial score (nSPS) is 17.4. The number of aryl methyl sites for hydroxylation is 3. The zero-order valence-electron chi connectivity index (χ0n) is 28.3. The number of guanidine groups is 3. The minimum absolute atomic E-state index is 0.00718. The number of methoxy groups -OCH3 is 2. The summed E-state index contributed by atoms with van der Waals surface area (Å²) in [5.74, 6) is 3.63. The van der Waals surface area contributed by atoms with E-state index in [9.17, 15) is 14.4 Å². The molecule has 3 aromatic carbocycles. The second kappa shape index (κ2) is 13.0. The molecule has 0 radical (unpaired) electrons. The van der Waals surface area contributed by atoms with Gasteiger partial charge in [-0.05, 0) is 55.7 Å². The number of nitrogens with zero attached hydrogens (tertiary/aromatic N) is 6. The highest BCUT2D eigenvalue weighted by Crippen LogP contribution is 2.38. The Labute approximate surface area is 293 Å². The minimum atomic E-state index is -0.0144. The van der Waals surface area contributed by atoms with Gasteiger partial charge in [-0.25, -0.2) is 15.0 Å². The van der Waals surface area contributed by atoms with E-state index in [1.165, 1.54) is 0 Å². The summed E-state index contributed by atoms with van der Waals surface area (Å²) in [6.07, 6.45) is 0. The second-order valence-corrected chi connectivity index (χ2v) is 12.9. The van der Waals surface area contributed by atoms with Gasteiger partial charge in [0.25, 0.3) is 0 Å². The van der Waals surface area contributed by atoms with Crippen LogP contribution in [0.1, 0.15) is 33.4 Å². The largest absolute Gasteiger partial charge is 0.496 e. The number of hydrogen-bond donors (Lipinski definition) is 3. The maximum Gasteiger partial charge on any atom is 0.246 e. The zero-order valence-corrected chi connectivity index (χ0v) is 29.1. The van der Waals surface area contributed by atoms with Gasteiger partial charge in [0, 0.05) is 23.2 Å². The van der Waals surface area contributed by atoms with Crippen molar-refractivity contribution in [3.05, 3.63) is 74.8 Å². The van der Waals surface area contributed by atoms with Crippen molar-refractivity contribution in [2.24, 2.45) is 15.0 Å². The Morgan fingerprint density at radius 1 is 0.540 bits per heavy atom. The monoisotopic (exact) mass is 697 g/mol. The van der Waals surface area contributed by atoms with E-state index in [2.05, 4.69) is 30.9 Å². The molecule has 3 fully saturated rings. The second-order valence-electron chi connectivity index (χ2n) is 12.5. The lowest BCUT2D eigenvalue weighted by atomic mass is 10.1. The molecule has 6 aliphatic rings. The van der Waals surface area contributed by atoms with Crippen LogP contribution in [0.2, 0.25) is 5.02 Å². The molecule has 14 nitrogen and oxygen atoms in total. The number of hydrogen-bond acceptors (Lipinski definition) is 11. The van der Waals surface area contributed by atoms with Crippen molar-refractivity contribution in [3.8, 4) is 11.5 Å². The van der Waals surface area contributed by atoms with E-state index < -0.39 is 0 Å². The molecule has 258 valence electrons. The minimum Gasteiger partial charge on any atom is -0.496 e. The van der Waals surface area contributed by atoms with Crippen molar-refractivity contribution in [2.45, 2.75) is 40.4 Å². The van der Waals surface area contributed by atoms with Crippen molar-refractivity contribution in [3.63, 3.8) is 0 Å². The highest BCUT2D eigenvalue weighted by atomic mass is 35.5. The van der Waals surface area contributed by atoms with Gasteiger partial charge in [0.15, 0.2) is 0 Å². The molecular formula is C35H36ClN9O5. The maximum absolute atomic E-state index is 11.3. The summed E-state index contributed by atoms with van der Waals surface area (Å²) in [6, 6.07) is 11.8. The third-order valence-corrected chi connectivity index (χ3v) is 9.59. The molecular weight excluding hydrogens is 662 g/mol. The fraction of sp³-hybridized carbons (Fsp3) is 0.314. The molecule has 0 aromatic heterocycles. The first kappa shape index (κ1) is 32.9. The van der Waals surface area contributed by atoms with Gasteiger partial charge < -0.3 is 24.2 Å². The number of halogens is 1. The van der Waals surface area contributed by atoms with Crippen LogP contribution in [0.3, 0.4) is 0 Å². The van der Waals surface area contributed by atoms with Crippen LogP contribution in [0, 0.1) is 20.8 Å². The van der Waals surface area contributed by atoms with Gasteiger partial charge in [0.1, 0.15) is 31.1 Å². The average molecular weight is 698 g/mol. The number of benzene rings is 3. The van der Waals surface area contributed by atoms with Crippen LogP contribution in [-0.2, 0) is 34.0 Å². The smallest absolute Gasteiger partial charge is 0.246 e. The number of fused-ring (bicyclic) bond motifs is 6.